The molecule has 0 atom stereocenters. The fourth-order valence-electron chi connectivity index (χ4n) is 1.50. The van der Waals surface area contributed by atoms with Gasteiger partial charge in [0.25, 0.3) is 0 Å². The molecule has 90 valence electrons. The number of aliphatic hydroxyl groups excluding tert-OH is 1. The van der Waals surface area contributed by atoms with Gasteiger partial charge in [-0.25, -0.2) is 4.39 Å². The summed E-state index contributed by atoms with van der Waals surface area (Å²) in [6.07, 6.45) is 0. The zero-order chi connectivity index (χ0) is 12.5. The van der Waals surface area contributed by atoms with Gasteiger partial charge in [-0.05, 0) is 18.1 Å². The third-order valence-corrected chi connectivity index (χ3v) is 3.14. The van der Waals surface area contributed by atoms with Gasteiger partial charge in [0.2, 0.25) is 0 Å². The van der Waals surface area contributed by atoms with Gasteiger partial charge in [-0.2, -0.15) is 0 Å². The maximum Gasteiger partial charge on any atom is 0.173 e. The van der Waals surface area contributed by atoms with Crippen LogP contribution in [0.25, 0.3) is 0 Å². The van der Waals surface area contributed by atoms with Gasteiger partial charge in [0, 0.05) is 5.41 Å². The molecule has 0 unspecified atom stereocenters. The summed E-state index contributed by atoms with van der Waals surface area (Å²) in [4.78, 5) is 0. The van der Waals surface area contributed by atoms with Gasteiger partial charge in [0.1, 0.15) is 0 Å². The van der Waals surface area contributed by atoms with Crippen molar-refractivity contribution in [1.29, 1.82) is 0 Å². The number of methoxy groups -OCH3 is 1. The van der Waals surface area contributed by atoms with Crippen molar-refractivity contribution in [3.8, 4) is 5.75 Å². The van der Waals surface area contributed by atoms with Crippen LogP contribution < -0.4 is 4.74 Å². The molecule has 0 aromatic heterocycles. The van der Waals surface area contributed by atoms with E-state index in [1.165, 1.54) is 7.11 Å². The van der Waals surface area contributed by atoms with E-state index in [0.29, 0.717) is 5.56 Å². The summed E-state index contributed by atoms with van der Waals surface area (Å²) in [5.41, 5.74) is 0.484. The van der Waals surface area contributed by atoms with Crippen LogP contribution in [0.1, 0.15) is 25.0 Å². The predicted octanol–water partition coefficient (Wildman–Crippen LogP) is 3.07. The molecule has 0 bridgehead atoms. The normalized spacial score (nSPS) is 11.7. The lowest BCUT2D eigenvalue weighted by atomic mass is 9.84. The van der Waals surface area contributed by atoms with Crippen LogP contribution in [0.3, 0.4) is 0 Å². The van der Waals surface area contributed by atoms with Crippen molar-refractivity contribution in [1.82, 2.24) is 0 Å². The Morgan fingerprint density at radius 2 is 2.06 bits per heavy atom. The van der Waals surface area contributed by atoms with Crippen molar-refractivity contribution >= 4 is 11.6 Å². The van der Waals surface area contributed by atoms with E-state index in [0.717, 1.165) is 5.56 Å². The molecule has 0 aliphatic heterocycles. The Kier molecular flexibility index (Phi) is 3.81. The van der Waals surface area contributed by atoms with Crippen LogP contribution in [0.4, 0.5) is 4.39 Å². The molecule has 0 fully saturated rings. The fraction of sp³-hybridized carbons (Fsp3) is 0.500. The average molecular weight is 247 g/mol. The maximum absolute atomic E-state index is 14.1. The molecule has 1 N–H and O–H groups in total. The highest BCUT2D eigenvalue weighted by molar-refractivity contribution is 6.32. The number of rotatable bonds is 3. The second kappa shape index (κ2) is 4.60. The lowest BCUT2D eigenvalue weighted by Crippen LogP contribution is -2.24. The minimum absolute atomic E-state index is 0.0400. The number of benzene rings is 1. The number of hydrogen-bond donors (Lipinski definition) is 1. The topological polar surface area (TPSA) is 29.5 Å². The molecule has 0 aliphatic rings. The molecule has 0 amide bonds. The number of aliphatic hydroxyl groups is 1. The van der Waals surface area contributed by atoms with E-state index in [9.17, 15) is 9.50 Å². The van der Waals surface area contributed by atoms with Crippen molar-refractivity contribution in [2.24, 2.45) is 0 Å². The zero-order valence-corrected chi connectivity index (χ0v) is 10.7. The third-order valence-electron chi connectivity index (χ3n) is 2.67. The Labute approximate surface area is 100.0 Å². The van der Waals surface area contributed by atoms with Crippen LogP contribution in [-0.2, 0) is 5.41 Å². The monoisotopic (exact) mass is 246 g/mol. The van der Waals surface area contributed by atoms with Crippen LogP contribution in [0.15, 0.2) is 6.07 Å². The lowest BCUT2D eigenvalue weighted by molar-refractivity contribution is 0.214. The molecular formula is C12H16ClFO2. The highest BCUT2D eigenvalue weighted by Crippen LogP contribution is 2.37. The molecule has 0 aliphatic carbocycles. The second-order valence-corrected chi connectivity index (χ2v) is 4.82. The number of hydrogen-bond acceptors (Lipinski definition) is 2. The lowest BCUT2D eigenvalue weighted by Gasteiger charge is -2.24. The van der Waals surface area contributed by atoms with Crippen molar-refractivity contribution < 1.29 is 14.2 Å². The van der Waals surface area contributed by atoms with Crippen LogP contribution in [0.5, 0.6) is 5.75 Å². The first-order valence-electron chi connectivity index (χ1n) is 4.99. The zero-order valence-electron chi connectivity index (χ0n) is 9.90. The fourth-order valence-corrected chi connectivity index (χ4v) is 1.71. The van der Waals surface area contributed by atoms with Gasteiger partial charge in [-0.15, -0.1) is 0 Å². The minimum atomic E-state index is -0.660. The number of halogens is 2. The molecule has 2 nitrogen and oxygen atoms in total. The molecular weight excluding hydrogens is 231 g/mol. The molecule has 16 heavy (non-hydrogen) atoms. The molecule has 0 saturated heterocycles. The van der Waals surface area contributed by atoms with E-state index >= 15 is 0 Å². The van der Waals surface area contributed by atoms with Gasteiger partial charge in [0.15, 0.2) is 11.6 Å². The van der Waals surface area contributed by atoms with Gasteiger partial charge < -0.3 is 9.84 Å². The number of aryl methyl sites for hydroxylation is 1. The highest BCUT2D eigenvalue weighted by atomic mass is 35.5. The molecule has 1 aromatic carbocycles. The SMILES string of the molecule is COc1c(F)c(C(C)(C)CO)cc(C)c1Cl. The van der Waals surface area contributed by atoms with E-state index in [-0.39, 0.29) is 17.4 Å². The summed E-state index contributed by atoms with van der Waals surface area (Å²) in [6, 6.07) is 1.65. The van der Waals surface area contributed by atoms with Crippen molar-refractivity contribution in [2.75, 3.05) is 13.7 Å². The first-order chi connectivity index (χ1) is 7.35. The van der Waals surface area contributed by atoms with E-state index in [4.69, 9.17) is 16.3 Å². The van der Waals surface area contributed by atoms with Crippen molar-refractivity contribution in [2.45, 2.75) is 26.2 Å². The quantitative estimate of drug-likeness (QED) is 0.888. The molecule has 0 radical (unpaired) electrons. The molecule has 0 spiro atoms. The van der Waals surface area contributed by atoms with Crippen molar-refractivity contribution in [3.05, 3.63) is 28.0 Å². The molecule has 0 saturated carbocycles. The Bertz CT molecular complexity index is 402. The Morgan fingerprint density at radius 1 is 1.50 bits per heavy atom. The van der Waals surface area contributed by atoms with E-state index in [2.05, 4.69) is 0 Å². The predicted molar refractivity (Wildman–Crippen MR) is 62.8 cm³/mol. The van der Waals surface area contributed by atoms with Crippen molar-refractivity contribution in [3.63, 3.8) is 0 Å². The first-order valence-corrected chi connectivity index (χ1v) is 5.37. The highest BCUT2D eigenvalue weighted by Gasteiger charge is 2.27. The maximum atomic E-state index is 14.1. The summed E-state index contributed by atoms with van der Waals surface area (Å²) in [7, 11) is 1.37. The molecule has 1 aromatic rings. The second-order valence-electron chi connectivity index (χ2n) is 4.44. The number of ether oxygens (including phenoxy) is 1. The van der Waals surface area contributed by atoms with Crippen LogP contribution in [0.2, 0.25) is 5.02 Å². The van der Waals surface area contributed by atoms with Crippen LogP contribution in [0, 0.1) is 12.7 Å². The first kappa shape index (κ1) is 13.3. The summed E-state index contributed by atoms with van der Waals surface area (Å²) in [5, 5.41) is 9.53. The molecule has 4 heteroatoms. The van der Waals surface area contributed by atoms with E-state index in [1.807, 2.05) is 0 Å². The van der Waals surface area contributed by atoms with Gasteiger partial charge in [-0.1, -0.05) is 31.5 Å². The smallest absolute Gasteiger partial charge is 0.173 e. The minimum Gasteiger partial charge on any atom is -0.492 e. The van der Waals surface area contributed by atoms with Crippen LogP contribution >= 0.6 is 11.6 Å². The average Bonchev–Trinajstić information content (AvgIpc) is 2.24. The Morgan fingerprint density at radius 3 is 2.50 bits per heavy atom. The molecule has 0 heterocycles. The Balaban J connectivity index is 3.49. The summed E-state index contributed by atoms with van der Waals surface area (Å²) in [6.45, 7) is 5.16. The summed E-state index contributed by atoms with van der Waals surface area (Å²) >= 11 is 5.94. The van der Waals surface area contributed by atoms with E-state index < -0.39 is 11.2 Å². The standard InChI is InChI=1S/C12H16ClFO2/c1-7-5-8(12(2,3)6-15)10(14)11(16-4)9(7)13/h5,15H,6H2,1-4H3. The molecule has 1 rings (SSSR count). The van der Waals surface area contributed by atoms with Gasteiger partial charge >= 0.3 is 0 Å². The summed E-state index contributed by atoms with van der Waals surface area (Å²) in [5.74, 6) is -0.463. The third kappa shape index (κ3) is 2.15. The van der Waals surface area contributed by atoms with E-state index in [1.54, 1.807) is 26.8 Å². The largest absolute Gasteiger partial charge is 0.492 e. The Hall–Kier alpha value is -0.800. The van der Waals surface area contributed by atoms with Gasteiger partial charge in [0.05, 0.1) is 18.7 Å². The summed E-state index contributed by atoms with van der Waals surface area (Å²) < 4.78 is 19.0. The van der Waals surface area contributed by atoms with Gasteiger partial charge in [-0.3, -0.25) is 0 Å². The van der Waals surface area contributed by atoms with Crippen LogP contribution in [-0.4, -0.2) is 18.8 Å².